The number of phosphoric ester groups is 1. The lowest BCUT2D eigenvalue weighted by Crippen LogP contribution is -2.15. The van der Waals surface area contributed by atoms with Crippen molar-refractivity contribution in [2.24, 2.45) is 0 Å². The Kier molecular flexibility index (Phi) is 10.7. The molecule has 5 N–H and O–H groups in total. The third-order valence-electron chi connectivity index (χ3n) is 0.782. The molecule has 0 bridgehead atoms. The SMILES string of the molecule is C=CCOP(=O)(O)O.OCC(O)CO. The van der Waals surface area contributed by atoms with Gasteiger partial charge in [0.15, 0.2) is 0 Å². The number of hydrogen-bond donors (Lipinski definition) is 5. The van der Waals surface area contributed by atoms with E-state index in [-0.39, 0.29) is 19.8 Å². The van der Waals surface area contributed by atoms with Crippen molar-refractivity contribution >= 4 is 7.82 Å². The second-order valence-corrected chi connectivity index (χ2v) is 3.33. The first-order chi connectivity index (χ1) is 6.37. The van der Waals surface area contributed by atoms with Crippen molar-refractivity contribution < 1.29 is 34.2 Å². The van der Waals surface area contributed by atoms with E-state index in [2.05, 4.69) is 11.1 Å². The van der Waals surface area contributed by atoms with Crippen LogP contribution in [0.15, 0.2) is 12.7 Å². The fourth-order valence-corrected chi connectivity index (χ4v) is 0.507. The van der Waals surface area contributed by atoms with E-state index in [1.807, 2.05) is 0 Å². The standard InChI is InChI=1S/C3H7O4P.C3H8O3/c1-2-3-7-8(4,5)6;4-1-3(6)2-5/h2H,1,3H2,(H2,4,5,6);3-6H,1-2H2. The van der Waals surface area contributed by atoms with Gasteiger partial charge in [-0.2, -0.15) is 0 Å². The highest BCUT2D eigenvalue weighted by Gasteiger charge is 2.10. The van der Waals surface area contributed by atoms with Gasteiger partial charge in [0, 0.05) is 0 Å². The van der Waals surface area contributed by atoms with Gasteiger partial charge in [-0.05, 0) is 0 Å². The lowest BCUT2D eigenvalue weighted by atomic mass is 10.4. The van der Waals surface area contributed by atoms with E-state index in [1.165, 1.54) is 6.08 Å². The molecular formula is C6H15O7P. The highest BCUT2D eigenvalue weighted by Crippen LogP contribution is 2.35. The molecule has 0 aromatic carbocycles. The van der Waals surface area contributed by atoms with Crippen LogP contribution in [0, 0.1) is 0 Å². The van der Waals surface area contributed by atoms with Crippen LogP contribution in [0.2, 0.25) is 0 Å². The van der Waals surface area contributed by atoms with Crippen LogP contribution in [-0.4, -0.2) is 51.0 Å². The van der Waals surface area contributed by atoms with Crippen molar-refractivity contribution in [3.8, 4) is 0 Å². The smallest absolute Gasteiger partial charge is 0.394 e. The quantitative estimate of drug-likeness (QED) is 0.290. The molecule has 0 aliphatic rings. The number of hydrogen-bond acceptors (Lipinski definition) is 5. The Morgan fingerprint density at radius 3 is 1.86 bits per heavy atom. The van der Waals surface area contributed by atoms with E-state index in [0.717, 1.165) is 0 Å². The molecule has 14 heavy (non-hydrogen) atoms. The van der Waals surface area contributed by atoms with Gasteiger partial charge < -0.3 is 25.1 Å². The monoisotopic (exact) mass is 230 g/mol. The first-order valence-electron chi connectivity index (χ1n) is 3.58. The summed E-state index contributed by atoms with van der Waals surface area (Å²) in [6.07, 6.45) is 0.309. The Morgan fingerprint density at radius 1 is 1.36 bits per heavy atom. The van der Waals surface area contributed by atoms with Gasteiger partial charge in [0.25, 0.3) is 0 Å². The van der Waals surface area contributed by atoms with Gasteiger partial charge in [0.2, 0.25) is 0 Å². The third kappa shape index (κ3) is 17.7. The lowest BCUT2D eigenvalue weighted by Gasteiger charge is -1.98. The maximum Gasteiger partial charge on any atom is 0.469 e. The zero-order chi connectivity index (χ0) is 11.6. The third-order valence-corrected chi connectivity index (χ3v) is 1.27. The zero-order valence-electron chi connectivity index (χ0n) is 7.48. The summed E-state index contributed by atoms with van der Waals surface area (Å²) in [6.45, 7) is 2.35. The number of aliphatic hydroxyl groups excluding tert-OH is 3. The van der Waals surface area contributed by atoms with Crippen molar-refractivity contribution in [1.29, 1.82) is 0 Å². The molecule has 0 rings (SSSR count). The van der Waals surface area contributed by atoms with Crippen molar-refractivity contribution in [2.45, 2.75) is 6.10 Å². The minimum atomic E-state index is -4.25. The largest absolute Gasteiger partial charge is 0.469 e. The minimum absolute atomic E-state index is 0.121. The Labute approximate surface area is 81.5 Å². The Hall–Kier alpha value is -0.270. The molecule has 0 heterocycles. The summed E-state index contributed by atoms with van der Waals surface area (Å²) in [7, 11) is -4.25. The van der Waals surface area contributed by atoms with Crippen molar-refractivity contribution in [2.75, 3.05) is 19.8 Å². The van der Waals surface area contributed by atoms with Crippen LogP contribution in [0.5, 0.6) is 0 Å². The maximum absolute atomic E-state index is 9.81. The molecule has 0 aliphatic carbocycles. The summed E-state index contributed by atoms with van der Waals surface area (Å²) in [5, 5.41) is 24.0. The average molecular weight is 230 g/mol. The highest BCUT2D eigenvalue weighted by atomic mass is 31.2. The van der Waals surface area contributed by atoms with Crippen molar-refractivity contribution in [3.05, 3.63) is 12.7 Å². The number of aliphatic hydroxyl groups is 3. The van der Waals surface area contributed by atoms with Crippen LogP contribution in [0.25, 0.3) is 0 Å². The minimum Gasteiger partial charge on any atom is -0.394 e. The highest BCUT2D eigenvalue weighted by molar-refractivity contribution is 7.46. The molecule has 8 heteroatoms. The molecule has 0 aliphatic heterocycles. The lowest BCUT2D eigenvalue weighted by molar-refractivity contribution is 0.0450. The fraction of sp³-hybridized carbons (Fsp3) is 0.667. The summed E-state index contributed by atoms with van der Waals surface area (Å²) >= 11 is 0. The molecule has 0 aromatic heterocycles. The molecule has 0 amide bonds. The normalized spacial score (nSPS) is 10.7. The molecule has 7 nitrogen and oxygen atoms in total. The van der Waals surface area contributed by atoms with Crippen LogP contribution < -0.4 is 0 Å². The van der Waals surface area contributed by atoms with Gasteiger partial charge in [0.05, 0.1) is 19.8 Å². The summed E-state index contributed by atoms with van der Waals surface area (Å²) in [5.74, 6) is 0. The predicted molar refractivity (Wildman–Crippen MR) is 48.4 cm³/mol. The number of phosphoric acid groups is 1. The Bertz CT molecular complexity index is 173. The van der Waals surface area contributed by atoms with Gasteiger partial charge in [-0.15, -0.1) is 6.58 Å². The first-order valence-corrected chi connectivity index (χ1v) is 5.11. The second kappa shape index (κ2) is 9.29. The van der Waals surface area contributed by atoms with E-state index < -0.39 is 13.9 Å². The summed E-state index contributed by atoms with van der Waals surface area (Å²) in [5.41, 5.74) is 0. The molecular weight excluding hydrogens is 215 g/mol. The predicted octanol–water partition coefficient (Wildman–Crippen LogP) is -1.39. The van der Waals surface area contributed by atoms with E-state index in [0.29, 0.717) is 0 Å². The summed E-state index contributed by atoms with van der Waals surface area (Å²) in [6, 6.07) is 0. The van der Waals surface area contributed by atoms with Crippen LogP contribution >= 0.6 is 7.82 Å². The van der Waals surface area contributed by atoms with E-state index in [9.17, 15) is 4.57 Å². The average Bonchev–Trinajstić information content (AvgIpc) is 2.13. The molecule has 0 atom stereocenters. The van der Waals surface area contributed by atoms with Crippen LogP contribution in [0.1, 0.15) is 0 Å². The van der Waals surface area contributed by atoms with Crippen LogP contribution in [0.3, 0.4) is 0 Å². The molecule has 0 saturated carbocycles. The van der Waals surface area contributed by atoms with Crippen molar-refractivity contribution in [1.82, 2.24) is 0 Å². The molecule has 0 unspecified atom stereocenters. The molecule has 0 aromatic rings. The van der Waals surface area contributed by atoms with E-state index >= 15 is 0 Å². The van der Waals surface area contributed by atoms with Crippen LogP contribution in [0.4, 0.5) is 0 Å². The van der Waals surface area contributed by atoms with Crippen molar-refractivity contribution in [3.63, 3.8) is 0 Å². The summed E-state index contributed by atoms with van der Waals surface area (Å²) < 4.78 is 13.7. The Morgan fingerprint density at radius 2 is 1.79 bits per heavy atom. The van der Waals surface area contributed by atoms with E-state index in [1.54, 1.807) is 0 Å². The van der Waals surface area contributed by atoms with Gasteiger partial charge >= 0.3 is 7.82 Å². The fourth-order valence-electron chi connectivity index (χ4n) is 0.208. The van der Waals surface area contributed by atoms with Gasteiger partial charge in [-0.3, -0.25) is 4.52 Å². The Balaban J connectivity index is 0. The molecule has 86 valence electrons. The van der Waals surface area contributed by atoms with Gasteiger partial charge in [0.1, 0.15) is 6.10 Å². The van der Waals surface area contributed by atoms with Gasteiger partial charge in [-0.25, -0.2) is 4.57 Å². The maximum atomic E-state index is 9.81. The van der Waals surface area contributed by atoms with E-state index in [4.69, 9.17) is 25.1 Å². The second-order valence-electron chi connectivity index (χ2n) is 2.09. The molecule has 0 fully saturated rings. The molecule has 0 spiro atoms. The topological polar surface area (TPSA) is 127 Å². The zero-order valence-corrected chi connectivity index (χ0v) is 8.38. The summed E-state index contributed by atoms with van der Waals surface area (Å²) in [4.78, 5) is 16.0. The molecule has 0 radical (unpaired) electrons. The van der Waals surface area contributed by atoms with Gasteiger partial charge in [-0.1, -0.05) is 6.08 Å². The number of rotatable bonds is 5. The molecule has 0 saturated heterocycles. The first kappa shape index (κ1) is 16.2. The van der Waals surface area contributed by atoms with Crippen LogP contribution in [-0.2, 0) is 9.09 Å².